The maximum Gasteiger partial charge on any atom is 0.435 e. The first-order chi connectivity index (χ1) is 10.9. The molecule has 1 aliphatic carbocycles. The summed E-state index contributed by atoms with van der Waals surface area (Å²) in [5.74, 6) is -0.344. The van der Waals surface area contributed by atoms with E-state index in [1.165, 1.54) is 5.56 Å². The largest absolute Gasteiger partial charge is 0.435 e. The Balaban J connectivity index is 1.65. The Bertz CT molecular complexity index is 709. The van der Waals surface area contributed by atoms with Gasteiger partial charge in [-0.3, -0.25) is 9.48 Å². The van der Waals surface area contributed by atoms with Gasteiger partial charge in [0.1, 0.15) is 6.54 Å². The lowest BCUT2D eigenvalue weighted by Gasteiger charge is -2.26. The fourth-order valence-electron chi connectivity index (χ4n) is 2.89. The number of carbonyl (C=O) groups excluding carboxylic acids is 1. The van der Waals surface area contributed by atoms with Crippen LogP contribution in [-0.2, 0) is 23.9 Å². The summed E-state index contributed by atoms with van der Waals surface area (Å²) in [7, 11) is 0. The normalized spacial score (nSPS) is 17.6. The first kappa shape index (κ1) is 15.6. The fourth-order valence-corrected chi connectivity index (χ4v) is 2.89. The van der Waals surface area contributed by atoms with Crippen molar-refractivity contribution < 1.29 is 18.0 Å². The molecule has 1 unspecified atom stereocenters. The van der Waals surface area contributed by atoms with Gasteiger partial charge in [0.2, 0.25) is 5.91 Å². The van der Waals surface area contributed by atoms with Crippen molar-refractivity contribution in [3.05, 3.63) is 53.3 Å². The molecule has 0 bridgehead atoms. The number of nitrogens with one attached hydrogen (secondary N) is 1. The number of nitrogens with zero attached hydrogens (tertiary/aromatic N) is 2. The van der Waals surface area contributed by atoms with Crippen molar-refractivity contribution in [2.24, 2.45) is 0 Å². The summed E-state index contributed by atoms with van der Waals surface area (Å²) in [6.07, 6.45) is -0.546. The molecule has 1 amide bonds. The number of amides is 1. The highest BCUT2D eigenvalue weighted by atomic mass is 19.4. The van der Waals surface area contributed by atoms with E-state index in [4.69, 9.17) is 0 Å². The monoisotopic (exact) mass is 323 g/mol. The molecule has 1 aliphatic rings. The van der Waals surface area contributed by atoms with Gasteiger partial charge in [-0.25, -0.2) is 0 Å². The second kappa shape index (κ2) is 6.06. The lowest BCUT2D eigenvalue weighted by atomic mass is 9.88. The number of hydrogen-bond donors (Lipinski definition) is 1. The first-order valence-electron chi connectivity index (χ1n) is 7.41. The molecule has 0 aliphatic heterocycles. The predicted molar refractivity (Wildman–Crippen MR) is 77.5 cm³/mol. The number of alkyl halides is 3. The zero-order chi connectivity index (χ0) is 16.4. The summed E-state index contributed by atoms with van der Waals surface area (Å²) in [5, 5.41) is 6.28. The van der Waals surface area contributed by atoms with Crippen LogP contribution in [0.2, 0.25) is 0 Å². The highest BCUT2D eigenvalue weighted by molar-refractivity contribution is 5.76. The molecular formula is C16H16F3N3O. The Kier molecular flexibility index (Phi) is 4.11. The molecule has 1 aromatic heterocycles. The van der Waals surface area contributed by atoms with Crippen LogP contribution in [0.5, 0.6) is 0 Å². The molecule has 0 radical (unpaired) electrons. The van der Waals surface area contributed by atoms with Crippen LogP contribution >= 0.6 is 0 Å². The van der Waals surface area contributed by atoms with Crippen LogP contribution in [0.15, 0.2) is 36.5 Å². The number of carbonyl (C=O) groups is 1. The van der Waals surface area contributed by atoms with Crippen LogP contribution in [-0.4, -0.2) is 15.7 Å². The van der Waals surface area contributed by atoms with Gasteiger partial charge in [0, 0.05) is 6.20 Å². The zero-order valence-corrected chi connectivity index (χ0v) is 12.3. The summed E-state index contributed by atoms with van der Waals surface area (Å²) < 4.78 is 38.5. The van der Waals surface area contributed by atoms with Crippen molar-refractivity contribution in [2.45, 2.75) is 38.0 Å². The van der Waals surface area contributed by atoms with E-state index in [0.29, 0.717) is 0 Å². The van der Waals surface area contributed by atoms with Gasteiger partial charge in [-0.15, -0.1) is 0 Å². The third-order valence-electron chi connectivity index (χ3n) is 3.94. The van der Waals surface area contributed by atoms with E-state index in [1.807, 2.05) is 24.3 Å². The molecule has 0 saturated heterocycles. The Hall–Kier alpha value is -2.31. The fraction of sp³-hybridized carbons (Fsp3) is 0.375. The topological polar surface area (TPSA) is 46.9 Å². The van der Waals surface area contributed by atoms with E-state index in [-0.39, 0.29) is 18.5 Å². The highest BCUT2D eigenvalue weighted by Crippen LogP contribution is 2.29. The number of aryl methyl sites for hydroxylation is 1. The molecule has 1 N–H and O–H groups in total. The predicted octanol–water partition coefficient (Wildman–Crippen LogP) is 3.10. The van der Waals surface area contributed by atoms with Crippen molar-refractivity contribution >= 4 is 5.91 Å². The molecule has 0 spiro atoms. The SMILES string of the molecule is O=C(Cn1ccc(C(F)(F)F)n1)NC1CCCc2ccccc21. The molecule has 1 atom stereocenters. The van der Waals surface area contributed by atoms with Crippen molar-refractivity contribution in [2.75, 3.05) is 0 Å². The molecule has 7 heteroatoms. The van der Waals surface area contributed by atoms with Gasteiger partial charge >= 0.3 is 6.18 Å². The van der Waals surface area contributed by atoms with E-state index in [1.54, 1.807) is 0 Å². The van der Waals surface area contributed by atoms with Gasteiger partial charge in [0.05, 0.1) is 6.04 Å². The quantitative estimate of drug-likeness (QED) is 0.943. The van der Waals surface area contributed by atoms with E-state index in [9.17, 15) is 18.0 Å². The number of aromatic nitrogens is 2. The maximum absolute atomic E-state index is 12.5. The van der Waals surface area contributed by atoms with E-state index >= 15 is 0 Å². The Morgan fingerprint density at radius 3 is 2.83 bits per heavy atom. The second-order valence-electron chi connectivity index (χ2n) is 5.61. The third-order valence-corrected chi connectivity index (χ3v) is 3.94. The average molecular weight is 323 g/mol. The van der Waals surface area contributed by atoms with E-state index < -0.39 is 11.9 Å². The van der Waals surface area contributed by atoms with Gasteiger partial charge in [-0.1, -0.05) is 24.3 Å². The summed E-state index contributed by atoms with van der Waals surface area (Å²) in [4.78, 5) is 12.1. The molecule has 0 saturated carbocycles. The molecule has 122 valence electrons. The highest BCUT2D eigenvalue weighted by Gasteiger charge is 2.33. The minimum Gasteiger partial charge on any atom is -0.348 e. The Labute approximate surface area is 131 Å². The van der Waals surface area contributed by atoms with Crippen molar-refractivity contribution in [3.63, 3.8) is 0 Å². The lowest BCUT2D eigenvalue weighted by Crippen LogP contribution is -2.33. The van der Waals surface area contributed by atoms with Crippen LogP contribution in [0.3, 0.4) is 0 Å². The van der Waals surface area contributed by atoms with Crippen LogP contribution in [0.25, 0.3) is 0 Å². The van der Waals surface area contributed by atoms with Gasteiger partial charge in [-0.2, -0.15) is 18.3 Å². The number of benzene rings is 1. The summed E-state index contributed by atoms with van der Waals surface area (Å²) in [6.45, 7) is -0.227. The van der Waals surface area contributed by atoms with Gasteiger partial charge < -0.3 is 5.32 Å². The number of fused-ring (bicyclic) bond motifs is 1. The van der Waals surface area contributed by atoms with Crippen LogP contribution in [0, 0.1) is 0 Å². The smallest absolute Gasteiger partial charge is 0.348 e. The number of rotatable bonds is 3. The minimum atomic E-state index is -4.50. The Morgan fingerprint density at radius 1 is 1.30 bits per heavy atom. The van der Waals surface area contributed by atoms with Crippen LogP contribution in [0.4, 0.5) is 13.2 Å². The molecule has 1 aromatic carbocycles. The van der Waals surface area contributed by atoms with Crippen LogP contribution in [0.1, 0.15) is 35.7 Å². The summed E-state index contributed by atoms with van der Waals surface area (Å²) >= 11 is 0. The van der Waals surface area contributed by atoms with Gasteiger partial charge in [-0.05, 0) is 36.5 Å². The van der Waals surface area contributed by atoms with Crippen molar-refractivity contribution in [1.29, 1.82) is 0 Å². The maximum atomic E-state index is 12.5. The van der Waals surface area contributed by atoms with Crippen molar-refractivity contribution in [3.8, 4) is 0 Å². The molecule has 3 rings (SSSR count). The van der Waals surface area contributed by atoms with Gasteiger partial charge in [0.15, 0.2) is 5.69 Å². The molecule has 2 aromatic rings. The molecule has 0 fully saturated rings. The standard InChI is InChI=1S/C16H16F3N3O/c17-16(18,19)14-8-9-22(21-14)10-15(23)20-13-7-3-5-11-4-1-2-6-12(11)13/h1-2,4,6,8-9,13H,3,5,7,10H2,(H,20,23). The van der Waals surface area contributed by atoms with E-state index in [0.717, 1.165) is 41.8 Å². The Morgan fingerprint density at radius 2 is 2.09 bits per heavy atom. The zero-order valence-electron chi connectivity index (χ0n) is 12.3. The van der Waals surface area contributed by atoms with Crippen LogP contribution < -0.4 is 5.32 Å². The molecule has 4 nitrogen and oxygen atoms in total. The molecule has 23 heavy (non-hydrogen) atoms. The van der Waals surface area contributed by atoms with Crippen molar-refractivity contribution in [1.82, 2.24) is 15.1 Å². The number of halogens is 3. The minimum absolute atomic E-state index is 0.0925. The second-order valence-corrected chi connectivity index (χ2v) is 5.61. The number of hydrogen-bond acceptors (Lipinski definition) is 2. The summed E-state index contributed by atoms with van der Waals surface area (Å²) in [6, 6.07) is 8.68. The molecule has 1 heterocycles. The van der Waals surface area contributed by atoms with E-state index in [2.05, 4.69) is 10.4 Å². The summed E-state index contributed by atoms with van der Waals surface area (Å²) in [5.41, 5.74) is 1.30. The third kappa shape index (κ3) is 3.55. The van der Waals surface area contributed by atoms with Gasteiger partial charge in [0.25, 0.3) is 0 Å². The molecular weight excluding hydrogens is 307 g/mol. The first-order valence-corrected chi connectivity index (χ1v) is 7.41. The average Bonchev–Trinajstić information content (AvgIpc) is 2.96. The lowest BCUT2D eigenvalue weighted by molar-refractivity contribution is -0.141.